The van der Waals surface area contributed by atoms with Crippen molar-refractivity contribution in [2.75, 3.05) is 11.9 Å². The molecule has 0 aliphatic carbocycles. The molecule has 11 heteroatoms. The lowest BCUT2D eigenvalue weighted by atomic mass is 10.2. The maximum Gasteiger partial charge on any atom is 0.490 e. The number of nitrogens with one attached hydrogen (secondary N) is 1. The van der Waals surface area contributed by atoms with Gasteiger partial charge in [0.1, 0.15) is 11.6 Å². The van der Waals surface area contributed by atoms with Crippen LogP contribution in [0.25, 0.3) is 10.9 Å². The first-order valence-corrected chi connectivity index (χ1v) is 9.73. The molecule has 0 atom stereocenters. The fourth-order valence-electron chi connectivity index (χ4n) is 2.72. The Bertz CT molecular complexity index is 1190. The lowest BCUT2D eigenvalue weighted by Crippen LogP contribution is -2.21. The third kappa shape index (κ3) is 7.63. The second kappa shape index (κ2) is 11.1. The Morgan fingerprint density at radius 2 is 1.85 bits per heavy atom. The standard InChI is InChI=1S/C20H21N3O3.C2HF3O2/c1-14-9-10-21-18(12-14)22-19(24)8-5-11-26-17-13-20(25)23(2)16-7-4-3-6-15(16)17;3-2(4,5)1(6)7/h3-4,6-7,9-10,12-13H,5,8,11H2,1-2H3,(H,21,22,24);(H,6,7). The molecule has 33 heavy (non-hydrogen) atoms. The lowest BCUT2D eigenvalue weighted by Gasteiger charge is -2.11. The van der Waals surface area contributed by atoms with Gasteiger partial charge in [0.25, 0.3) is 5.56 Å². The molecule has 0 aliphatic heterocycles. The van der Waals surface area contributed by atoms with Crippen LogP contribution in [0.4, 0.5) is 19.0 Å². The molecule has 0 saturated carbocycles. The summed E-state index contributed by atoms with van der Waals surface area (Å²) in [5, 5.41) is 10.8. The molecule has 3 aromatic rings. The summed E-state index contributed by atoms with van der Waals surface area (Å²) in [4.78, 5) is 37.0. The van der Waals surface area contributed by atoms with Crippen molar-refractivity contribution in [3.05, 3.63) is 64.6 Å². The molecule has 2 heterocycles. The highest BCUT2D eigenvalue weighted by molar-refractivity contribution is 5.89. The summed E-state index contributed by atoms with van der Waals surface area (Å²) < 4.78 is 39.1. The predicted octanol–water partition coefficient (Wildman–Crippen LogP) is 3.67. The lowest BCUT2D eigenvalue weighted by molar-refractivity contribution is -0.192. The number of halogens is 3. The van der Waals surface area contributed by atoms with Crippen LogP contribution in [0.15, 0.2) is 53.5 Å². The number of carbonyl (C=O) groups is 2. The monoisotopic (exact) mass is 465 g/mol. The number of benzene rings is 1. The van der Waals surface area contributed by atoms with E-state index in [-0.39, 0.29) is 11.5 Å². The first-order valence-electron chi connectivity index (χ1n) is 9.73. The highest BCUT2D eigenvalue weighted by Crippen LogP contribution is 2.23. The first-order chi connectivity index (χ1) is 15.5. The van der Waals surface area contributed by atoms with Gasteiger partial charge in [-0.25, -0.2) is 9.78 Å². The maximum absolute atomic E-state index is 12.0. The minimum Gasteiger partial charge on any atom is -0.493 e. The van der Waals surface area contributed by atoms with Crippen LogP contribution in [-0.4, -0.2) is 39.3 Å². The Morgan fingerprint density at radius 3 is 2.48 bits per heavy atom. The summed E-state index contributed by atoms with van der Waals surface area (Å²) >= 11 is 0. The van der Waals surface area contributed by atoms with E-state index in [1.807, 2.05) is 43.3 Å². The second-order valence-corrected chi connectivity index (χ2v) is 6.94. The highest BCUT2D eigenvalue weighted by Gasteiger charge is 2.38. The van der Waals surface area contributed by atoms with E-state index < -0.39 is 12.1 Å². The van der Waals surface area contributed by atoms with Gasteiger partial charge in [0.2, 0.25) is 5.91 Å². The van der Waals surface area contributed by atoms with Crippen LogP contribution in [0.1, 0.15) is 18.4 Å². The van der Waals surface area contributed by atoms with Crippen LogP contribution in [-0.2, 0) is 16.6 Å². The third-order valence-corrected chi connectivity index (χ3v) is 4.35. The Labute approximate surface area is 186 Å². The molecular formula is C22H22F3N3O5. The van der Waals surface area contributed by atoms with Gasteiger partial charge in [-0.05, 0) is 43.2 Å². The zero-order valence-electron chi connectivity index (χ0n) is 17.8. The largest absolute Gasteiger partial charge is 0.493 e. The van der Waals surface area contributed by atoms with Gasteiger partial charge in [-0.2, -0.15) is 13.2 Å². The van der Waals surface area contributed by atoms with Crippen LogP contribution in [0, 0.1) is 6.92 Å². The minimum absolute atomic E-state index is 0.111. The summed E-state index contributed by atoms with van der Waals surface area (Å²) in [5.74, 6) is -1.77. The average molecular weight is 465 g/mol. The molecule has 0 saturated heterocycles. The maximum atomic E-state index is 12.0. The highest BCUT2D eigenvalue weighted by atomic mass is 19.4. The third-order valence-electron chi connectivity index (χ3n) is 4.35. The Hall–Kier alpha value is -3.89. The fourth-order valence-corrected chi connectivity index (χ4v) is 2.72. The van der Waals surface area contributed by atoms with Gasteiger partial charge in [-0.3, -0.25) is 9.59 Å². The number of aromatic nitrogens is 2. The van der Waals surface area contributed by atoms with Crippen molar-refractivity contribution in [1.29, 1.82) is 0 Å². The number of aryl methyl sites for hydroxylation is 2. The molecule has 0 bridgehead atoms. The van der Waals surface area contributed by atoms with Crippen molar-refractivity contribution in [2.45, 2.75) is 25.9 Å². The molecule has 0 fully saturated rings. The molecular weight excluding hydrogens is 443 g/mol. The van der Waals surface area contributed by atoms with Gasteiger partial charge in [0.05, 0.1) is 12.1 Å². The number of carboxylic acid groups (broad SMARTS) is 1. The normalized spacial score (nSPS) is 10.8. The molecule has 0 radical (unpaired) electrons. The Balaban J connectivity index is 0.000000479. The number of rotatable bonds is 6. The van der Waals surface area contributed by atoms with Crippen LogP contribution in [0.5, 0.6) is 5.75 Å². The van der Waals surface area contributed by atoms with E-state index >= 15 is 0 Å². The summed E-state index contributed by atoms with van der Waals surface area (Å²) in [6, 6.07) is 12.8. The average Bonchev–Trinajstić information content (AvgIpc) is 2.74. The van der Waals surface area contributed by atoms with Crippen LogP contribution in [0.3, 0.4) is 0 Å². The number of amides is 1. The van der Waals surface area contributed by atoms with E-state index in [1.165, 1.54) is 6.07 Å². The predicted molar refractivity (Wildman–Crippen MR) is 115 cm³/mol. The van der Waals surface area contributed by atoms with Gasteiger partial charge >= 0.3 is 12.1 Å². The fraction of sp³-hybridized carbons (Fsp3) is 0.273. The van der Waals surface area contributed by atoms with Crippen molar-refractivity contribution in [2.24, 2.45) is 7.05 Å². The van der Waals surface area contributed by atoms with Crippen molar-refractivity contribution < 1.29 is 32.6 Å². The molecule has 176 valence electrons. The second-order valence-electron chi connectivity index (χ2n) is 6.94. The zero-order valence-corrected chi connectivity index (χ0v) is 17.8. The number of alkyl halides is 3. The number of aliphatic carboxylic acids is 1. The van der Waals surface area contributed by atoms with E-state index in [9.17, 15) is 22.8 Å². The Kier molecular flexibility index (Phi) is 8.55. The summed E-state index contributed by atoms with van der Waals surface area (Å²) in [6.07, 6.45) is -2.56. The number of hydrogen-bond donors (Lipinski definition) is 2. The number of carbonyl (C=O) groups excluding carboxylic acids is 1. The summed E-state index contributed by atoms with van der Waals surface area (Å²) in [5.41, 5.74) is 1.73. The van der Waals surface area contributed by atoms with Crippen LogP contribution < -0.4 is 15.6 Å². The van der Waals surface area contributed by atoms with E-state index in [0.29, 0.717) is 31.0 Å². The van der Waals surface area contributed by atoms with Gasteiger partial charge in [0.15, 0.2) is 0 Å². The molecule has 2 N–H and O–H groups in total. The van der Waals surface area contributed by atoms with Crippen molar-refractivity contribution in [3.8, 4) is 5.75 Å². The van der Waals surface area contributed by atoms with Gasteiger partial charge in [0, 0.05) is 31.1 Å². The van der Waals surface area contributed by atoms with Crippen molar-refractivity contribution >= 4 is 28.6 Å². The molecule has 0 unspecified atom stereocenters. The number of para-hydroxylation sites is 1. The number of anilines is 1. The van der Waals surface area contributed by atoms with E-state index in [4.69, 9.17) is 14.6 Å². The SMILES string of the molecule is Cc1ccnc(NC(=O)CCCOc2cc(=O)n(C)c3ccccc23)c1.O=C(O)C(F)(F)F. The zero-order chi connectivity index (χ0) is 24.6. The number of ether oxygens (including phenoxy) is 1. The van der Waals surface area contributed by atoms with Crippen LogP contribution in [0.2, 0.25) is 0 Å². The van der Waals surface area contributed by atoms with Gasteiger partial charge < -0.3 is 19.7 Å². The summed E-state index contributed by atoms with van der Waals surface area (Å²) in [6.45, 7) is 2.30. The molecule has 1 aromatic carbocycles. The van der Waals surface area contributed by atoms with E-state index in [1.54, 1.807) is 17.8 Å². The Morgan fingerprint density at radius 1 is 1.18 bits per heavy atom. The molecule has 1 amide bonds. The number of pyridine rings is 2. The molecule has 0 spiro atoms. The van der Waals surface area contributed by atoms with E-state index in [0.717, 1.165) is 16.5 Å². The molecule has 2 aromatic heterocycles. The van der Waals surface area contributed by atoms with Crippen molar-refractivity contribution in [3.63, 3.8) is 0 Å². The molecule has 0 aliphatic rings. The topological polar surface area (TPSA) is 111 Å². The number of carboxylic acids is 1. The number of hydrogen-bond acceptors (Lipinski definition) is 5. The van der Waals surface area contributed by atoms with E-state index in [2.05, 4.69) is 10.3 Å². The molecule has 3 rings (SSSR count). The molecule has 8 nitrogen and oxygen atoms in total. The number of nitrogens with zero attached hydrogens (tertiary/aromatic N) is 2. The van der Waals surface area contributed by atoms with Crippen molar-refractivity contribution in [1.82, 2.24) is 9.55 Å². The van der Waals surface area contributed by atoms with Gasteiger partial charge in [-0.15, -0.1) is 0 Å². The number of fused-ring (bicyclic) bond motifs is 1. The van der Waals surface area contributed by atoms with Crippen LogP contribution >= 0.6 is 0 Å². The quantitative estimate of drug-likeness (QED) is 0.538. The smallest absolute Gasteiger partial charge is 0.490 e. The first kappa shape index (κ1) is 25.4. The minimum atomic E-state index is -5.08. The summed E-state index contributed by atoms with van der Waals surface area (Å²) in [7, 11) is 1.73. The van der Waals surface area contributed by atoms with Gasteiger partial charge in [-0.1, -0.05) is 12.1 Å².